The first-order valence-corrected chi connectivity index (χ1v) is 7.57. The summed E-state index contributed by atoms with van der Waals surface area (Å²) < 4.78 is 0. The molecule has 0 bridgehead atoms. The Kier molecular flexibility index (Phi) is 3.58. The maximum atomic E-state index is 11.2. The van der Waals surface area contributed by atoms with Crippen molar-refractivity contribution < 1.29 is 9.90 Å². The van der Waals surface area contributed by atoms with Crippen LogP contribution in [-0.4, -0.2) is 11.1 Å². The van der Waals surface area contributed by atoms with Crippen LogP contribution < -0.4 is 0 Å². The first kappa shape index (κ1) is 12.7. The van der Waals surface area contributed by atoms with Crippen LogP contribution in [-0.2, 0) is 17.6 Å². The van der Waals surface area contributed by atoms with Crippen molar-refractivity contribution in [3.63, 3.8) is 0 Å². The van der Waals surface area contributed by atoms with Gasteiger partial charge in [0.25, 0.3) is 0 Å². The second kappa shape index (κ2) is 5.36. The molecule has 0 aromatic heterocycles. The van der Waals surface area contributed by atoms with Gasteiger partial charge in [0.2, 0.25) is 0 Å². The van der Waals surface area contributed by atoms with Crippen LogP contribution in [0.25, 0.3) is 0 Å². The van der Waals surface area contributed by atoms with Crippen LogP contribution in [0.2, 0.25) is 0 Å². The van der Waals surface area contributed by atoms with Gasteiger partial charge in [-0.3, -0.25) is 4.79 Å². The van der Waals surface area contributed by atoms with E-state index in [1.54, 1.807) is 0 Å². The van der Waals surface area contributed by atoms with E-state index in [1.165, 1.54) is 61.6 Å². The topological polar surface area (TPSA) is 37.3 Å². The van der Waals surface area contributed by atoms with E-state index in [2.05, 4.69) is 18.2 Å². The van der Waals surface area contributed by atoms with Gasteiger partial charge < -0.3 is 5.11 Å². The lowest BCUT2D eigenvalue weighted by atomic mass is 9.81. The molecule has 19 heavy (non-hydrogen) atoms. The third-order valence-corrected chi connectivity index (χ3v) is 4.91. The molecule has 1 atom stereocenters. The number of carbonyl (C=O) groups is 1. The van der Waals surface area contributed by atoms with Gasteiger partial charge in [-0.2, -0.15) is 0 Å². The minimum atomic E-state index is -0.655. The highest BCUT2D eigenvalue weighted by molar-refractivity contribution is 5.68. The molecule has 2 aliphatic rings. The second-order valence-corrected chi connectivity index (χ2v) is 6.13. The zero-order chi connectivity index (χ0) is 13.2. The molecule has 0 aliphatic heterocycles. The molecule has 1 N–H and O–H groups in total. The number of hydrogen-bond acceptors (Lipinski definition) is 1. The standard InChI is InChI=1S/C17H22O2/c18-17(19)11-16(13-4-1-2-5-13)15-9-8-12-6-3-7-14(12)10-15/h8-10,13,16H,1-7,11H2,(H,18,19). The Morgan fingerprint density at radius 3 is 2.63 bits per heavy atom. The Morgan fingerprint density at radius 1 is 1.16 bits per heavy atom. The van der Waals surface area contributed by atoms with Gasteiger partial charge in [-0.15, -0.1) is 0 Å². The average molecular weight is 258 g/mol. The number of rotatable bonds is 4. The normalized spacial score (nSPS) is 20.4. The zero-order valence-electron chi connectivity index (χ0n) is 11.4. The molecule has 102 valence electrons. The van der Waals surface area contributed by atoms with Gasteiger partial charge in [-0.05, 0) is 60.6 Å². The second-order valence-electron chi connectivity index (χ2n) is 6.13. The van der Waals surface area contributed by atoms with Gasteiger partial charge >= 0.3 is 5.97 Å². The molecule has 1 saturated carbocycles. The monoisotopic (exact) mass is 258 g/mol. The number of hydrogen-bond donors (Lipinski definition) is 1. The predicted molar refractivity (Wildman–Crippen MR) is 75.4 cm³/mol. The fraction of sp³-hybridized carbons (Fsp3) is 0.588. The molecule has 0 radical (unpaired) electrons. The number of carboxylic acid groups (broad SMARTS) is 1. The SMILES string of the molecule is O=C(O)CC(c1ccc2c(c1)CCC2)C1CCCC1. The Hall–Kier alpha value is -1.31. The van der Waals surface area contributed by atoms with Crippen molar-refractivity contribution in [1.29, 1.82) is 0 Å². The average Bonchev–Trinajstić information content (AvgIpc) is 3.06. The number of aliphatic carboxylic acids is 1. The Labute approximate surface area is 114 Å². The molecule has 3 rings (SSSR count). The van der Waals surface area contributed by atoms with E-state index in [1.807, 2.05) is 0 Å². The van der Waals surface area contributed by atoms with E-state index in [0.717, 1.165) is 0 Å². The van der Waals surface area contributed by atoms with Crippen LogP contribution in [0.3, 0.4) is 0 Å². The molecule has 0 spiro atoms. The van der Waals surface area contributed by atoms with Gasteiger partial charge in [0, 0.05) is 0 Å². The van der Waals surface area contributed by atoms with Gasteiger partial charge in [0.05, 0.1) is 6.42 Å². The zero-order valence-corrected chi connectivity index (χ0v) is 11.4. The molecule has 1 aromatic rings. The summed E-state index contributed by atoms with van der Waals surface area (Å²) in [6, 6.07) is 6.73. The fourth-order valence-electron chi connectivity index (χ4n) is 3.93. The van der Waals surface area contributed by atoms with Gasteiger partial charge in [-0.25, -0.2) is 0 Å². The summed E-state index contributed by atoms with van der Waals surface area (Å²) in [5.41, 5.74) is 4.21. The molecule has 2 heteroatoms. The van der Waals surface area contributed by atoms with Gasteiger partial charge in [-0.1, -0.05) is 31.0 Å². The first-order valence-electron chi connectivity index (χ1n) is 7.57. The minimum Gasteiger partial charge on any atom is -0.481 e. The van der Waals surface area contributed by atoms with Crippen LogP contribution in [0.5, 0.6) is 0 Å². The number of carboxylic acids is 1. The molecular formula is C17H22O2. The van der Waals surface area contributed by atoms with Crippen LogP contribution in [0.4, 0.5) is 0 Å². The number of aryl methyl sites for hydroxylation is 2. The summed E-state index contributed by atoms with van der Waals surface area (Å²) in [7, 11) is 0. The van der Waals surface area contributed by atoms with Crippen molar-refractivity contribution in [2.45, 2.75) is 57.3 Å². The van der Waals surface area contributed by atoms with Gasteiger partial charge in [0.1, 0.15) is 0 Å². The van der Waals surface area contributed by atoms with Crippen LogP contribution in [0, 0.1) is 5.92 Å². The molecule has 0 amide bonds. The lowest BCUT2D eigenvalue weighted by molar-refractivity contribution is -0.137. The van der Waals surface area contributed by atoms with Crippen molar-refractivity contribution in [2.75, 3.05) is 0 Å². The van der Waals surface area contributed by atoms with Crippen molar-refractivity contribution in [1.82, 2.24) is 0 Å². The van der Waals surface area contributed by atoms with Crippen LogP contribution in [0.15, 0.2) is 18.2 Å². The largest absolute Gasteiger partial charge is 0.481 e. The highest BCUT2D eigenvalue weighted by Gasteiger charge is 2.28. The maximum absolute atomic E-state index is 11.2. The smallest absolute Gasteiger partial charge is 0.303 e. The van der Waals surface area contributed by atoms with Crippen molar-refractivity contribution >= 4 is 5.97 Å². The van der Waals surface area contributed by atoms with Crippen molar-refractivity contribution in [2.24, 2.45) is 5.92 Å². The molecule has 0 saturated heterocycles. The Bertz CT molecular complexity index is 472. The molecule has 2 aliphatic carbocycles. The summed E-state index contributed by atoms with van der Waals surface area (Å²) in [6.07, 6.45) is 8.87. The molecule has 2 nitrogen and oxygen atoms in total. The highest BCUT2D eigenvalue weighted by atomic mass is 16.4. The Morgan fingerprint density at radius 2 is 1.89 bits per heavy atom. The fourth-order valence-corrected chi connectivity index (χ4v) is 3.93. The Balaban J connectivity index is 1.87. The van der Waals surface area contributed by atoms with E-state index in [9.17, 15) is 9.90 Å². The number of benzene rings is 1. The van der Waals surface area contributed by atoms with E-state index in [-0.39, 0.29) is 5.92 Å². The first-order chi connectivity index (χ1) is 9.24. The van der Waals surface area contributed by atoms with E-state index >= 15 is 0 Å². The molecule has 1 aromatic carbocycles. The summed E-state index contributed by atoms with van der Waals surface area (Å²) in [5.74, 6) is 0.152. The lowest BCUT2D eigenvalue weighted by Crippen LogP contribution is -2.14. The third-order valence-electron chi connectivity index (χ3n) is 4.91. The summed E-state index contributed by atoms with van der Waals surface area (Å²) in [5, 5.41) is 9.20. The summed E-state index contributed by atoms with van der Waals surface area (Å²) in [6.45, 7) is 0. The molecular weight excluding hydrogens is 236 g/mol. The minimum absolute atomic E-state index is 0.228. The van der Waals surface area contributed by atoms with E-state index in [4.69, 9.17) is 0 Å². The molecule has 0 heterocycles. The van der Waals surface area contributed by atoms with Crippen LogP contribution in [0.1, 0.15) is 61.1 Å². The maximum Gasteiger partial charge on any atom is 0.303 e. The predicted octanol–water partition coefficient (Wildman–Crippen LogP) is 3.92. The van der Waals surface area contributed by atoms with Crippen molar-refractivity contribution in [3.05, 3.63) is 34.9 Å². The quantitative estimate of drug-likeness (QED) is 0.888. The lowest BCUT2D eigenvalue weighted by Gasteiger charge is -2.23. The molecule has 1 fully saturated rings. The van der Waals surface area contributed by atoms with Gasteiger partial charge in [0.15, 0.2) is 0 Å². The summed E-state index contributed by atoms with van der Waals surface area (Å²) >= 11 is 0. The number of fused-ring (bicyclic) bond motifs is 1. The highest BCUT2D eigenvalue weighted by Crippen LogP contribution is 2.40. The summed E-state index contributed by atoms with van der Waals surface area (Å²) in [4.78, 5) is 11.2. The molecule has 1 unspecified atom stereocenters. The van der Waals surface area contributed by atoms with E-state index < -0.39 is 5.97 Å². The van der Waals surface area contributed by atoms with Crippen molar-refractivity contribution in [3.8, 4) is 0 Å². The van der Waals surface area contributed by atoms with E-state index in [0.29, 0.717) is 12.3 Å². The van der Waals surface area contributed by atoms with Crippen LogP contribution >= 0.6 is 0 Å². The third kappa shape index (κ3) is 2.68.